The molecular weight excluding hydrogens is 350 g/mol. The molecule has 28 heavy (non-hydrogen) atoms. The molecule has 0 radical (unpaired) electrons. The molecule has 0 unspecified atom stereocenters. The largest absolute Gasteiger partial charge is 0.452 e. The van der Waals surface area contributed by atoms with Crippen molar-refractivity contribution in [3.05, 3.63) is 114 Å². The zero-order chi connectivity index (χ0) is 19.6. The zero-order valence-corrected chi connectivity index (χ0v) is 15.3. The highest BCUT2D eigenvalue weighted by Gasteiger charge is 2.17. The first-order chi connectivity index (χ1) is 13.7. The van der Waals surface area contributed by atoms with Gasteiger partial charge in [0.25, 0.3) is 5.91 Å². The Morgan fingerprint density at radius 1 is 0.786 bits per heavy atom. The van der Waals surface area contributed by atoms with Gasteiger partial charge in [0, 0.05) is 6.08 Å². The highest BCUT2D eigenvalue weighted by Crippen LogP contribution is 2.21. The van der Waals surface area contributed by atoms with Crippen LogP contribution < -0.4 is 5.32 Å². The maximum atomic E-state index is 12.4. The number of carbonyl (C=O) groups excluding carboxylic acids is 2. The monoisotopic (exact) mass is 371 g/mol. The fourth-order valence-corrected chi connectivity index (χ4v) is 2.77. The zero-order valence-electron chi connectivity index (χ0n) is 15.3. The summed E-state index contributed by atoms with van der Waals surface area (Å²) in [5.74, 6) is -0.922. The summed E-state index contributed by atoms with van der Waals surface area (Å²) in [6.07, 6.45) is 2.96. The summed E-state index contributed by atoms with van der Waals surface area (Å²) in [5.41, 5.74) is 2.80. The van der Waals surface area contributed by atoms with Crippen molar-refractivity contribution in [2.45, 2.75) is 6.04 Å². The smallest absolute Gasteiger partial charge is 0.331 e. The lowest BCUT2D eigenvalue weighted by Crippen LogP contribution is -2.32. The average molecular weight is 371 g/mol. The third-order valence-electron chi connectivity index (χ3n) is 4.13. The molecule has 0 saturated carbocycles. The second-order valence-electron chi connectivity index (χ2n) is 6.17. The van der Waals surface area contributed by atoms with Crippen molar-refractivity contribution in [2.75, 3.05) is 6.61 Å². The number of nitrogens with one attached hydrogen (secondary N) is 1. The molecule has 4 nitrogen and oxygen atoms in total. The van der Waals surface area contributed by atoms with E-state index in [1.54, 1.807) is 6.08 Å². The van der Waals surface area contributed by atoms with Crippen molar-refractivity contribution in [2.24, 2.45) is 0 Å². The third kappa shape index (κ3) is 5.68. The van der Waals surface area contributed by atoms with Crippen LogP contribution in [-0.4, -0.2) is 18.5 Å². The molecule has 0 aliphatic carbocycles. The van der Waals surface area contributed by atoms with Crippen LogP contribution in [-0.2, 0) is 14.3 Å². The summed E-state index contributed by atoms with van der Waals surface area (Å²) in [6.45, 7) is -0.339. The van der Waals surface area contributed by atoms with E-state index in [1.165, 1.54) is 6.08 Å². The average Bonchev–Trinajstić information content (AvgIpc) is 2.76. The van der Waals surface area contributed by atoms with Gasteiger partial charge in [-0.3, -0.25) is 4.79 Å². The normalized spacial score (nSPS) is 10.8. The lowest BCUT2D eigenvalue weighted by atomic mass is 9.99. The topological polar surface area (TPSA) is 55.4 Å². The van der Waals surface area contributed by atoms with Crippen molar-refractivity contribution < 1.29 is 14.3 Å². The number of esters is 1. The van der Waals surface area contributed by atoms with Crippen molar-refractivity contribution in [3.63, 3.8) is 0 Å². The predicted octanol–water partition coefficient (Wildman–Crippen LogP) is 4.15. The summed E-state index contributed by atoms with van der Waals surface area (Å²) in [6, 6.07) is 28.4. The van der Waals surface area contributed by atoms with Crippen LogP contribution in [0.5, 0.6) is 0 Å². The van der Waals surface area contributed by atoms with Gasteiger partial charge in [-0.25, -0.2) is 4.79 Å². The Balaban J connectivity index is 1.60. The van der Waals surface area contributed by atoms with Gasteiger partial charge in [0.15, 0.2) is 6.61 Å². The minimum Gasteiger partial charge on any atom is -0.452 e. The van der Waals surface area contributed by atoms with E-state index in [0.29, 0.717) is 0 Å². The molecule has 0 aliphatic heterocycles. The number of hydrogen-bond acceptors (Lipinski definition) is 3. The van der Waals surface area contributed by atoms with Gasteiger partial charge in [0.05, 0.1) is 6.04 Å². The quantitative estimate of drug-likeness (QED) is 0.501. The van der Waals surface area contributed by atoms with E-state index in [2.05, 4.69) is 5.32 Å². The van der Waals surface area contributed by atoms with Crippen molar-refractivity contribution in [3.8, 4) is 0 Å². The van der Waals surface area contributed by atoms with Crippen LogP contribution in [0.15, 0.2) is 97.1 Å². The van der Waals surface area contributed by atoms with E-state index < -0.39 is 5.97 Å². The molecule has 0 fully saturated rings. The molecule has 3 rings (SSSR count). The first-order valence-corrected chi connectivity index (χ1v) is 9.01. The first-order valence-electron chi connectivity index (χ1n) is 9.01. The van der Waals surface area contributed by atoms with Crippen LogP contribution in [0.2, 0.25) is 0 Å². The fraction of sp³-hybridized carbons (Fsp3) is 0.0833. The summed E-state index contributed by atoms with van der Waals surface area (Å²) >= 11 is 0. The maximum Gasteiger partial charge on any atom is 0.331 e. The fourth-order valence-electron chi connectivity index (χ4n) is 2.77. The molecule has 0 aliphatic rings. The van der Waals surface area contributed by atoms with Crippen molar-refractivity contribution in [1.29, 1.82) is 0 Å². The Bertz CT molecular complexity index is 882. The van der Waals surface area contributed by atoms with Gasteiger partial charge in [-0.15, -0.1) is 0 Å². The molecule has 1 N–H and O–H groups in total. The van der Waals surface area contributed by atoms with E-state index in [9.17, 15) is 9.59 Å². The molecule has 0 atom stereocenters. The molecule has 140 valence electrons. The molecule has 3 aromatic rings. The van der Waals surface area contributed by atoms with E-state index in [0.717, 1.165) is 16.7 Å². The number of amides is 1. The number of ether oxygens (including phenoxy) is 1. The molecular formula is C24H21NO3. The molecule has 0 saturated heterocycles. The van der Waals surface area contributed by atoms with E-state index in [4.69, 9.17) is 4.74 Å². The highest BCUT2D eigenvalue weighted by atomic mass is 16.5. The van der Waals surface area contributed by atoms with Crippen LogP contribution in [0.3, 0.4) is 0 Å². The van der Waals surface area contributed by atoms with Gasteiger partial charge in [0.2, 0.25) is 0 Å². The molecule has 0 aromatic heterocycles. The minimum atomic E-state index is -0.560. The van der Waals surface area contributed by atoms with Gasteiger partial charge >= 0.3 is 5.97 Å². The Kier molecular flexibility index (Phi) is 6.74. The second-order valence-corrected chi connectivity index (χ2v) is 6.17. The summed E-state index contributed by atoms with van der Waals surface area (Å²) in [7, 11) is 0. The molecule has 1 amide bonds. The number of carbonyl (C=O) groups is 2. The van der Waals surface area contributed by atoms with Crippen LogP contribution in [0.25, 0.3) is 6.08 Å². The highest BCUT2D eigenvalue weighted by molar-refractivity contribution is 5.89. The Morgan fingerprint density at radius 2 is 1.29 bits per heavy atom. The van der Waals surface area contributed by atoms with Gasteiger partial charge in [-0.05, 0) is 22.8 Å². The van der Waals surface area contributed by atoms with Gasteiger partial charge in [0.1, 0.15) is 0 Å². The lowest BCUT2D eigenvalue weighted by Gasteiger charge is -2.19. The Morgan fingerprint density at radius 3 is 1.82 bits per heavy atom. The second kappa shape index (κ2) is 9.88. The Labute approximate surface area is 164 Å². The first kappa shape index (κ1) is 19.1. The van der Waals surface area contributed by atoms with E-state index in [1.807, 2.05) is 91.0 Å². The number of benzene rings is 3. The summed E-state index contributed by atoms with van der Waals surface area (Å²) in [4.78, 5) is 24.2. The maximum absolute atomic E-state index is 12.4. The van der Waals surface area contributed by atoms with Crippen LogP contribution in [0.4, 0.5) is 0 Å². The Hall–Kier alpha value is -3.66. The molecule has 3 aromatic carbocycles. The van der Waals surface area contributed by atoms with Crippen molar-refractivity contribution in [1.82, 2.24) is 5.32 Å². The minimum absolute atomic E-state index is 0.312. The number of rotatable bonds is 7. The third-order valence-corrected chi connectivity index (χ3v) is 4.13. The SMILES string of the molecule is O=C(COC(=O)C=Cc1ccccc1)NC(c1ccccc1)c1ccccc1. The van der Waals surface area contributed by atoms with Crippen molar-refractivity contribution >= 4 is 18.0 Å². The van der Waals surface area contributed by atoms with Gasteiger partial charge in [-0.1, -0.05) is 91.0 Å². The molecule has 0 bridgehead atoms. The number of hydrogen-bond donors (Lipinski definition) is 1. The standard InChI is InChI=1S/C24H21NO3/c26-22(18-28-23(27)17-16-19-10-4-1-5-11-19)25-24(20-12-6-2-7-13-20)21-14-8-3-9-15-21/h1-17,24H,18H2,(H,25,26). The molecule has 4 heteroatoms. The van der Waals surface area contributed by atoms with Crippen LogP contribution >= 0.6 is 0 Å². The molecule has 0 heterocycles. The van der Waals surface area contributed by atoms with Gasteiger partial charge in [-0.2, -0.15) is 0 Å². The van der Waals surface area contributed by atoms with Crippen LogP contribution in [0.1, 0.15) is 22.7 Å². The van der Waals surface area contributed by atoms with Gasteiger partial charge < -0.3 is 10.1 Å². The van der Waals surface area contributed by atoms with E-state index in [-0.39, 0.29) is 18.6 Å². The lowest BCUT2D eigenvalue weighted by molar-refractivity contribution is -0.143. The van der Waals surface area contributed by atoms with Crippen LogP contribution in [0, 0.1) is 0 Å². The van der Waals surface area contributed by atoms with E-state index >= 15 is 0 Å². The summed E-state index contributed by atoms with van der Waals surface area (Å²) < 4.78 is 5.06. The summed E-state index contributed by atoms with van der Waals surface area (Å²) in [5, 5.41) is 2.94. The molecule has 0 spiro atoms. The predicted molar refractivity (Wildman–Crippen MR) is 109 cm³/mol.